The van der Waals surface area contributed by atoms with Gasteiger partial charge in [0.2, 0.25) is 5.88 Å². The lowest BCUT2D eigenvalue weighted by Gasteiger charge is -2.08. The van der Waals surface area contributed by atoms with Crippen molar-refractivity contribution in [2.75, 3.05) is 0 Å². The highest BCUT2D eigenvalue weighted by Gasteiger charge is 2.05. The molecule has 0 atom stereocenters. The summed E-state index contributed by atoms with van der Waals surface area (Å²) >= 11 is 0. The predicted octanol–water partition coefficient (Wildman–Crippen LogP) is 4.46. The molecule has 0 spiro atoms. The first-order chi connectivity index (χ1) is 12.1. The third kappa shape index (κ3) is 4.57. The molecule has 1 N–H and O–H groups in total. The molecule has 0 aliphatic carbocycles. The molecule has 0 saturated heterocycles. The zero-order valence-corrected chi connectivity index (χ0v) is 13.7. The molecule has 3 rings (SSSR count). The number of aromatic nitrogens is 1. The Balaban J connectivity index is 1.58. The van der Waals surface area contributed by atoms with E-state index in [1.54, 1.807) is 12.1 Å². The van der Waals surface area contributed by atoms with E-state index >= 15 is 0 Å². The zero-order valence-electron chi connectivity index (χ0n) is 13.7. The first kappa shape index (κ1) is 16.5. The van der Waals surface area contributed by atoms with E-state index in [2.05, 4.69) is 17.1 Å². The number of hydrogen-bond acceptors (Lipinski definition) is 4. The van der Waals surface area contributed by atoms with Gasteiger partial charge in [-0.05, 0) is 42.8 Å². The van der Waals surface area contributed by atoms with E-state index in [1.807, 2.05) is 31.2 Å². The largest absolute Gasteiger partial charge is 0.489 e. The van der Waals surface area contributed by atoms with E-state index in [-0.39, 0.29) is 5.56 Å². The van der Waals surface area contributed by atoms with Crippen LogP contribution in [-0.2, 0) is 6.61 Å². The molecule has 0 fully saturated rings. The molecular weight excluding hydrogens is 318 g/mol. The van der Waals surface area contributed by atoms with Gasteiger partial charge in [0.1, 0.15) is 18.1 Å². The summed E-state index contributed by atoms with van der Waals surface area (Å²) in [6.07, 6.45) is 1.26. The Morgan fingerprint density at radius 3 is 2.24 bits per heavy atom. The van der Waals surface area contributed by atoms with Gasteiger partial charge in [0, 0.05) is 12.3 Å². The highest BCUT2D eigenvalue weighted by molar-refractivity contribution is 5.87. The minimum Gasteiger partial charge on any atom is -0.489 e. The fourth-order valence-corrected chi connectivity index (χ4v) is 2.14. The van der Waals surface area contributed by atoms with E-state index in [0.717, 1.165) is 11.3 Å². The highest BCUT2D eigenvalue weighted by Crippen LogP contribution is 2.23. The Morgan fingerprint density at radius 2 is 1.64 bits per heavy atom. The molecule has 126 valence electrons. The van der Waals surface area contributed by atoms with Crippen LogP contribution in [0, 0.1) is 6.92 Å². The number of ether oxygens (including phenoxy) is 2. The van der Waals surface area contributed by atoms with Gasteiger partial charge in [0.05, 0.1) is 5.56 Å². The van der Waals surface area contributed by atoms with Crippen molar-refractivity contribution in [3.63, 3.8) is 0 Å². The molecule has 5 nitrogen and oxygen atoms in total. The molecule has 0 radical (unpaired) electrons. The van der Waals surface area contributed by atoms with Gasteiger partial charge in [-0.2, -0.15) is 0 Å². The average molecular weight is 335 g/mol. The molecule has 1 heterocycles. The Labute approximate surface area is 145 Å². The van der Waals surface area contributed by atoms with E-state index in [0.29, 0.717) is 18.2 Å². The second-order valence-corrected chi connectivity index (χ2v) is 5.54. The maximum Gasteiger partial charge on any atom is 0.337 e. The second-order valence-electron chi connectivity index (χ2n) is 5.54. The maximum absolute atomic E-state index is 10.8. The van der Waals surface area contributed by atoms with Gasteiger partial charge in [-0.3, -0.25) is 0 Å². The van der Waals surface area contributed by atoms with Gasteiger partial charge in [0.25, 0.3) is 0 Å². The Morgan fingerprint density at radius 1 is 0.960 bits per heavy atom. The first-order valence-electron chi connectivity index (χ1n) is 7.76. The van der Waals surface area contributed by atoms with Crippen LogP contribution in [0.5, 0.6) is 17.4 Å². The number of aryl methyl sites for hydroxylation is 1. The fourth-order valence-electron chi connectivity index (χ4n) is 2.14. The molecular formula is C20H17NO4. The highest BCUT2D eigenvalue weighted by atomic mass is 16.5. The number of pyridine rings is 1. The van der Waals surface area contributed by atoms with Crippen molar-refractivity contribution in [1.82, 2.24) is 4.98 Å². The van der Waals surface area contributed by atoms with Crippen molar-refractivity contribution in [2.45, 2.75) is 13.5 Å². The van der Waals surface area contributed by atoms with Crippen LogP contribution in [0.25, 0.3) is 0 Å². The van der Waals surface area contributed by atoms with Gasteiger partial charge < -0.3 is 14.6 Å². The van der Waals surface area contributed by atoms with E-state index < -0.39 is 5.97 Å². The van der Waals surface area contributed by atoms with Crippen LogP contribution in [0.15, 0.2) is 66.9 Å². The molecule has 2 aromatic carbocycles. The van der Waals surface area contributed by atoms with Crippen LogP contribution in [0.4, 0.5) is 0 Å². The van der Waals surface area contributed by atoms with Gasteiger partial charge in [-0.1, -0.05) is 29.8 Å². The van der Waals surface area contributed by atoms with Crippen LogP contribution in [0.3, 0.4) is 0 Å². The maximum atomic E-state index is 10.8. The second kappa shape index (κ2) is 7.49. The Bertz CT molecular complexity index is 840. The molecule has 0 saturated carbocycles. The van der Waals surface area contributed by atoms with Crippen LogP contribution in [-0.4, -0.2) is 16.1 Å². The number of rotatable bonds is 6. The molecule has 0 aliphatic rings. The average Bonchev–Trinajstić information content (AvgIpc) is 2.63. The monoisotopic (exact) mass is 335 g/mol. The Hall–Kier alpha value is -3.34. The van der Waals surface area contributed by atoms with Crippen LogP contribution >= 0.6 is 0 Å². The summed E-state index contributed by atoms with van der Waals surface area (Å²) < 4.78 is 11.3. The number of hydrogen-bond donors (Lipinski definition) is 1. The van der Waals surface area contributed by atoms with Gasteiger partial charge >= 0.3 is 5.97 Å². The molecule has 0 amide bonds. The van der Waals surface area contributed by atoms with Crippen LogP contribution in [0.2, 0.25) is 0 Å². The number of carboxylic acids is 1. The van der Waals surface area contributed by atoms with Gasteiger partial charge in [0.15, 0.2) is 0 Å². The van der Waals surface area contributed by atoms with E-state index in [1.165, 1.54) is 23.9 Å². The molecule has 0 unspecified atom stereocenters. The summed E-state index contributed by atoms with van der Waals surface area (Å²) in [5.74, 6) is 0.646. The van der Waals surface area contributed by atoms with E-state index in [4.69, 9.17) is 14.6 Å². The topological polar surface area (TPSA) is 68.7 Å². The molecule has 25 heavy (non-hydrogen) atoms. The molecule has 5 heteroatoms. The third-order valence-corrected chi connectivity index (χ3v) is 3.56. The molecule has 0 bridgehead atoms. The first-order valence-corrected chi connectivity index (χ1v) is 7.76. The van der Waals surface area contributed by atoms with Crippen molar-refractivity contribution >= 4 is 5.97 Å². The summed E-state index contributed by atoms with van der Waals surface area (Å²) in [6.45, 7) is 2.55. The van der Waals surface area contributed by atoms with Crippen molar-refractivity contribution in [3.05, 3.63) is 83.6 Å². The van der Waals surface area contributed by atoms with Crippen molar-refractivity contribution in [3.8, 4) is 17.4 Å². The quantitative estimate of drug-likeness (QED) is 0.720. The summed E-state index contributed by atoms with van der Waals surface area (Å²) in [7, 11) is 0. The van der Waals surface area contributed by atoms with E-state index in [9.17, 15) is 4.79 Å². The van der Waals surface area contributed by atoms with Crippen LogP contribution in [0.1, 0.15) is 21.5 Å². The summed E-state index contributed by atoms with van der Waals surface area (Å²) in [6, 6.07) is 18.3. The predicted molar refractivity (Wildman–Crippen MR) is 93.2 cm³/mol. The fraction of sp³-hybridized carbons (Fsp3) is 0.100. The van der Waals surface area contributed by atoms with Crippen molar-refractivity contribution in [1.29, 1.82) is 0 Å². The lowest BCUT2D eigenvalue weighted by molar-refractivity contribution is 0.0696. The lowest BCUT2D eigenvalue weighted by Crippen LogP contribution is -1.97. The summed E-state index contributed by atoms with van der Waals surface area (Å²) in [5.41, 5.74) is 2.44. The smallest absolute Gasteiger partial charge is 0.337 e. The number of carboxylic acid groups (broad SMARTS) is 1. The van der Waals surface area contributed by atoms with Gasteiger partial charge in [-0.25, -0.2) is 9.78 Å². The third-order valence-electron chi connectivity index (χ3n) is 3.56. The van der Waals surface area contributed by atoms with Gasteiger partial charge in [-0.15, -0.1) is 0 Å². The molecule has 0 aliphatic heterocycles. The lowest BCUT2D eigenvalue weighted by atomic mass is 10.2. The SMILES string of the molecule is Cc1ccc(COc2ccc(Oc3ccc(C(=O)O)cn3)cc2)cc1. The zero-order chi connectivity index (χ0) is 17.6. The van der Waals surface area contributed by atoms with Crippen LogP contribution < -0.4 is 9.47 Å². The number of carbonyl (C=O) groups is 1. The standard InChI is InChI=1S/C20H17NO4/c1-14-2-4-15(5-3-14)13-24-17-7-9-18(10-8-17)25-19-11-6-16(12-21-19)20(22)23/h2-12H,13H2,1H3,(H,22,23). The molecule has 3 aromatic rings. The number of benzene rings is 2. The normalized spacial score (nSPS) is 10.3. The number of nitrogens with zero attached hydrogens (tertiary/aromatic N) is 1. The minimum absolute atomic E-state index is 0.118. The molecule has 1 aromatic heterocycles. The van der Waals surface area contributed by atoms with Crippen molar-refractivity contribution < 1.29 is 19.4 Å². The minimum atomic E-state index is -1.02. The summed E-state index contributed by atoms with van der Waals surface area (Å²) in [4.78, 5) is 14.8. The number of aromatic carboxylic acids is 1. The Kier molecular flexibility index (Phi) is 4.95. The van der Waals surface area contributed by atoms with Crippen molar-refractivity contribution in [2.24, 2.45) is 0 Å². The summed E-state index contributed by atoms with van der Waals surface area (Å²) in [5, 5.41) is 8.85.